The molecule has 1 N–H and O–H groups in total. The third-order valence-electron chi connectivity index (χ3n) is 4.09. The molecule has 5 heteroatoms. The van der Waals surface area contributed by atoms with Crippen LogP contribution in [-0.2, 0) is 16.5 Å². The molecule has 3 aromatic heterocycles. The van der Waals surface area contributed by atoms with Crippen molar-refractivity contribution in [1.29, 1.82) is 0 Å². The fourth-order valence-electron chi connectivity index (χ4n) is 2.79. The molecule has 0 radical (unpaired) electrons. The molecule has 26 heavy (non-hydrogen) atoms. The summed E-state index contributed by atoms with van der Waals surface area (Å²) in [6.45, 7) is 2.28. The first kappa shape index (κ1) is 21.9. The van der Waals surface area contributed by atoms with E-state index in [9.17, 15) is 0 Å². The summed E-state index contributed by atoms with van der Waals surface area (Å²) in [6.07, 6.45) is 9.68. The van der Waals surface area contributed by atoms with Crippen molar-refractivity contribution < 1.29 is 16.5 Å². The average Bonchev–Trinajstić information content (AvgIpc) is 2.71. The van der Waals surface area contributed by atoms with Gasteiger partial charge < -0.3 is 12.7 Å². The number of nitrogens with zero attached hydrogens (tertiary/aromatic N) is 3. The maximum atomic E-state index is 4.37. The summed E-state index contributed by atoms with van der Waals surface area (Å²) >= 11 is 0. The van der Waals surface area contributed by atoms with Crippen LogP contribution in [0.5, 0.6) is 0 Å². The standard InChI is InChI=1S/C10H14N2.C10H8N2.CH3.Ni/c2*1-2-6-12-10(3-1)9-4-7-11-8-5-9;;/h1-3,6,9,11H,4-5,7-8H2;1-8H;1H3;/q;;-1;. The van der Waals surface area contributed by atoms with E-state index < -0.39 is 0 Å². The Hall–Kier alpha value is -2.10. The fraction of sp³-hybridized carbons (Fsp3) is 0.238. The fourth-order valence-corrected chi connectivity index (χ4v) is 2.79. The van der Waals surface area contributed by atoms with Crippen LogP contribution in [0.1, 0.15) is 24.5 Å². The predicted octanol–water partition coefficient (Wildman–Crippen LogP) is 4.14. The first-order valence-corrected chi connectivity index (χ1v) is 8.36. The molecule has 1 fully saturated rings. The Labute approximate surface area is 166 Å². The maximum absolute atomic E-state index is 4.37. The van der Waals surface area contributed by atoms with Gasteiger partial charge in [0.2, 0.25) is 0 Å². The van der Waals surface area contributed by atoms with Crippen LogP contribution in [0.2, 0.25) is 0 Å². The maximum Gasteiger partial charge on any atom is 0.0703 e. The molecule has 0 unspecified atom stereocenters. The molecule has 0 aromatic carbocycles. The van der Waals surface area contributed by atoms with Crippen molar-refractivity contribution in [2.45, 2.75) is 18.8 Å². The van der Waals surface area contributed by atoms with Crippen LogP contribution in [0.25, 0.3) is 11.3 Å². The number of rotatable bonds is 2. The summed E-state index contributed by atoms with van der Waals surface area (Å²) < 4.78 is 0. The molecule has 1 aliphatic rings. The zero-order valence-electron chi connectivity index (χ0n) is 15.0. The minimum absolute atomic E-state index is 0. The number of piperidine rings is 1. The Morgan fingerprint density at radius 2 is 1.42 bits per heavy atom. The van der Waals surface area contributed by atoms with Gasteiger partial charge in [0.15, 0.2) is 0 Å². The van der Waals surface area contributed by atoms with Gasteiger partial charge in [-0.2, -0.15) is 0 Å². The quantitative estimate of drug-likeness (QED) is 0.526. The Bertz CT molecular complexity index is 664. The number of aromatic nitrogens is 3. The Balaban J connectivity index is 0.000000241. The van der Waals surface area contributed by atoms with E-state index in [1.54, 1.807) is 18.6 Å². The summed E-state index contributed by atoms with van der Waals surface area (Å²) in [7, 11) is 0. The first-order chi connectivity index (χ1) is 11.9. The van der Waals surface area contributed by atoms with Gasteiger partial charge in [-0.25, -0.2) is 0 Å². The zero-order valence-corrected chi connectivity index (χ0v) is 16.0. The molecular formula is C21H25N4Ni-. The second kappa shape index (κ2) is 12.3. The molecule has 0 spiro atoms. The summed E-state index contributed by atoms with van der Waals surface area (Å²) in [6, 6.07) is 15.9. The molecule has 0 amide bonds. The average molecular weight is 392 g/mol. The van der Waals surface area contributed by atoms with Crippen LogP contribution < -0.4 is 5.32 Å². The van der Waals surface area contributed by atoms with Crippen molar-refractivity contribution in [2.24, 2.45) is 0 Å². The van der Waals surface area contributed by atoms with E-state index in [1.165, 1.54) is 18.5 Å². The second-order valence-electron chi connectivity index (χ2n) is 5.73. The van der Waals surface area contributed by atoms with Crippen molar-refractivity contribution in [3.63, 3.8) is 0 Å². The van der Waals surface area contributed by atoms with Gasteiger partial charge in [0, 0.05) is 58.5 Å². The van der Waals surface area contributed by atoms with Gasteiger partial charge in [0.1, 0.15) is 0 Å². The monoisotopic (exact) mass is 391 g/mol. The number of pyridine rings is 3. The molecular weight excluding hydrogens is 367 g/mol. The molecule has 0 saturated carbocycles. The van der Waals surface area contributed by atoms with Gasteiger partial charge in [0.05, 0.1) is 5.69 Å². The van der Waals surface area contributed by atoms with E-state index in [2.05, 4.69) is 32.4 Å². The number of nitrogens with one attached hydrogen (secondary N) is 1. The minimum Gasteiger partial charge on any atom is -0.358 e. The number of hydrogen-bond donors (Lipinski definition) is 1. The molecule has 4 nitrogen and oxygen atoms in total. The molecule has 1 aliphatic heterocycles. The van der Waals surface area contributed by atoms with Crippen molar-refractivity contribution in [3.8, 4) is 11.3 Å². The van der Waals surface area contributed by atoms with Crippen LogP contribution in [0.4, 0.5) is 0 Å². The van der Waals surface area contributed by atoms with Crippen LogP contribution in [0.15, 0.2) is 73.3 Å². The zero-order chi connectivity index (χ0) is 16.5. The summed E-state index contributed by atoms with van der Waals surface area (Å²) in [4.78, 5) is 12.5. The topological polar surface area (TPSA) is 50.7 Å². The minimum atomic E-state index is 0. The van der Waals surface area contributed by atoms with Gasteiger partial charge in [0.25, 0.3) is 0 Å². The second-order valence-corrected chi connectivity index (χ2v) is 5.73. The molecule has 1 saturated heterocycles. The third kappa shape index (κ3) is 6.66. The molecule has 0 atom stereocenters. The molecule has 4 heterocycles. The SMILES string of the molecule is [CH3-].[Ni].c1ccc(-c2ccncc2)nc1.c1ccc(C2CCNCC2)nc1. The normalized spacial score (nSPS) is 13.4. The van der Waals surface area contributed by atoms with Crippen molar-refractivity contribution >= 4 is 0 Å². The van der Waals surface area contributed by atoms with E-state index in [1.807, 2.05) is 42.6 Å². The summed E-state index contributed by atoms with van der Waals surface area (Å²) in [5, 5.41) is 3.36. The van der Waals surface area contributed by atoms with Crippen molar-refractivity contribution in [2.75, 3.05) is 13.1 Å². The molecule has 0 aliphatic carbocycles. The Kier molecular flexibility index (Phi) is 10.4. The van der Waals surface area contributed by atoms with Gasteiger partial charge in [-0.15, -0.1) is 0 Å². The first-order valence-electron chi connectivity index (χ1n) is 8.36. The van der Waals surface area contributed by atoms with Crippen LogP contribution in [0, 0.1) is 7.43 Å². The van der Waals surface area contributed by atoms with E-state index in [-0.39, 0.29) is 23.9 Å². The van der Waals surface area contributed by atoms with E-state index in [0.29, 0.717) is 5.92 Å². The van der Waals surface area contributed by atoms with E-state index in [4.69, 9.17) is 0 Å². The van der Waals surface area contributed by atoms with E-state index >= 15 is 0 Å². The Morgan fingerprint density at radius 1 is 0.769 bits per heavy atom. The molecule has 3 aromatic rings. The molecule has 140 valence electrons. The van der Waals surface area contributed by atoms with Crippen LogP contribution in [-0.4, -0.2) is 28.0 Å². The molecule has 4 rings (SSSR count). The largest absolute Gasteiger partial charge is 0.358 e. The predicted molar refractivity (Wildman–Crippen MR) is 103 cm³/mol. The summed E-state index contributed by atoms with van der Waals surface area (Å²) in [5.74, 6) is 0.687. The van der Waals surface area contributed by atoms with Gasteiger partial charge in [-0.3, -0.25) is 15.0 Å². The Morgan fingerprint density at radius 3 is 2.00 bits per heavy atom. The van der Waals surface area contributed by atoms with Crippen LogP contribution in [0.3, 0.4) is 0 Å². The summed E-state index contributed by atoms with van der Waals surface area (Å²) in [5.41, 5.74) is 3.35. The van der Waals surface area contributed by atoms with Crippen molar-refractivity contribution in [1.82, 2.24) is 20.3 Å². The smallest absolute Gasteiger partial charge is 0.0703 e. The molecule has 0 bridgehead atoms. The van der Waals surface area contributed by atoms with Gasteiger partial charge in [-0.05, 0) is 62.3 Å². The number of hydrogen-bond acceptors (Lipinski definition) is 4. The van der Waals surface area contributed by atoms with Gasteiger partial charge in [-0.1, -0.05) is 12.1 Å². The van der Waals surface area contributed by atoms with Crippen LogP contribution >= 0.6 is 0 Å². The third-order valence-corrected chi connectivity index (χ3v) is 4.09. The van der Waals surface area contributed by atoms with Crippen molar-refractivity contribution in [3.05, 3.63) is 86.4 Å². The van der Waals surface area contributed by atoms with Gasteiger partial charge >= 0.3 is 0 Å². The van der Waals surface area contributed by atoms with E-state index in [0.717, 1.165) is 24.3 Å².